The summed E-state index contributed by atoms with van der Waals surface area (Å²) in [4.78, 5) is 158. The van der Waals surface area contributed by atoms with E-state index in [0.29, 0.717) is 36.9 Å². The van der Waals surface area contributed by atoms with Gasteiger partial charge in [0.2, 0.25) is 65.0 Å². The van der Waals surface area contributed by atoms with E-state index in [4.69, 9.17) is 40.1 Å². The Morgan fingerprint density at radius 3 is 1.45 bits per heavy atom. The fourth-order valence-electron chi connectivity index (χ4n) is 8.82. The Kier molecular flexibility index (Phi) is 36.8. The second-order valence-corrected chi connectivity index (χ2v) is 22.8. The molecular formula is C58H95N19O12S2. The predicted molar refractivity (Wildman–Crippen MR) is 350 cm³/mol. The average Bonchev–Trinajstić information content (AvgIpc) is 2.59. The van der Waals surface area contributed by atoms with Gasteiger partial charge in [0.1, 0.15) is 54.1 Å². The Labute approximate surface area is 541 Å². The zero-order valence-corrected chi connectivity index (χ0v) is 53.8. The lowest BCUT2D eigenvalue weighted by Crippen LogP contribution is -2.61. The van der Waals surface area contributed by atoms with Crippen LogP contribution in [-0.2, 0) is 65.6 Å². The average molecular weight is 1310 g/mol. The number of amides is 11. The van der Waals surface area contributed by atoms with Crippen molar-refractivity contribution in [3.05, 3.63) is 65.7 Å². The highest BCUT2D eigenvalue weighted by molar-refractivity contribution is 7.80. The summed E-state index contributed by atoms with van der Waals surface area (Å²) in [5.74, 6) is -10.6. The van der Waals surface area contributed by atoms with Gasteiger partial charge in [-0.25, -0.2) is 0 Å². The lowest BCUT2D eigenvalue weighted by molar-refractivity contribution is -0.136. The van der Waals surface area contributed by atoms with Gasteiger partial charge in [0.05, 0.1) is 19.1 Å². The summed E-state index contributed by atoms with van der Waals surface area (Å²) in [6.45, 7) is 6.26. The topological polar surface area (TPSA) is 535 Å². The van der Waals surface area contributed by atoms with Gasteiger partial charge in [-0.2, -0.15) is 25.3 Å². The molecule has 0 aliphatic carbocycles. The number of nitrogens with one attached hydrogen (secondary N) is 10. The standard InChI is InChI=1S/C58H95N19O12S2/c1-5-33(4)47(56(89)73-39(16-11-23-66-57(62)63)50(83)75-43(30-90)54(87)71-38(48(61)81)15-9-10-22-59)77-51(84)40(17-12-24-67-58(64)65)72-55(88)44(31-91)76-52(85)41(25-32(2)3)74-53(86)42(27-34-13-7-6-8-14-34)70-46(80)29-68-45(79)28-69-49(82)37(60)26-35-18-20-36(78)21-19-35/h6-8,13-14,18-21,32-33,37-44,47,78,90-91H,5,9-12,15-17,22-31,59-60H2,1-4H3,(H2,61,81)(H,68,79)(H,69,82)(H,70,80)(H,71,87)(H,72,88)(H,73,89)(H,74,86)(H,75,83)(H,76,85)(H,77,84)(H4,62,63,66)(H4,64,65,67)/t33-,37-,38-,39-,40-,41-,42-,43-,44-,47-/m0/s1. The van der Waals surface area contributed by atoms with Crippen molar-refractivity contribution in [2.45, 2.75) is 153 Å². The number of carbonyl (C=O) groups is 11. The molecule has 0 heterocycles. The summed E-state index contributed by atoms with van der Waals surface area (Å²) in [5, 5.41) is 35.4. The van der Waals surface area contributed by atoms with Crippen LogP contribution in [0.15, 0.2) is 64.6 Å². The Balaban J connectivity index is 2.35. The van der Waals surface area contributed by atoms with Crippen LogP contribution < -0.4 is 93.3 Å². The minimum atomic E-state index is -1.44. The summed E-state index contributed by atoms with van der Waals surface area (Å²) in [6, 6.07) is 3.14. The number of guanidine groups is 2. The number of nitrogens with two attached hydrogens (primary N) is 7. The zero-order chi connectivity index (χ0) is 68.2. The Bertz CT molecular complexity index is 2760. The molecule has 0 aliphatic heterocycles. The maximum atomic E-state index is 14.4. The van der Waals surface area contributed by atoms with Crippen molar-refractivity contribution < 1.29 is 57.8 Å². The summed E-state index contributed by atoms with van der Waals surface area (Å²) < 4.78 is 0. The molecule has 91 heavy (non-hydrogen) atoms. The third-order valence-corrected chi connectivity index (χ3v) is 14.8. The molecule has 25 N–H and O–H groups in total. The molecule has 2 aromatic carbocycles. The lowest BCUT2D eigenvalue weighted by atomic mass is 9.96. The molecule has 31 nitrogen and oxygen atoms in total. The molecule has 0 bridgehead atoms. The van der Waals surface area contributed by atoms with Gasteiger partial charge >= 0.3 is 0 Å². The van der Waals surface area contributed by atoms with E-state index in [9.17, 15) is 57.8 Å². The van der Waals surface area contributed by atoms with Gasteiger partial charge in [-0.3, -0.25) is 62.7 Å². The first-order valence-electron chi connectivity index (χ1n) is 30.0. The van der Waals surface area contributed by atoms with Crippen molar-refractivity contribution in [2.24, 2.45) is 62.0 Å². The van der Waals surface area contributed by atoms with E-state index in [1.807, 2.05) is 0 Å². The summed E-state index contributed by atoms with van der Waals surface area (Å²) in [5.41, 5.74) is 40.6. The van der Waals surface area contributed by atoms with E-state index in [1.54, 1.807) is 70.2 Å². The van der Waals surface area contributed by atoms with E-state index in [1.165, 1.54) is 12.1 Å². The van der Waals surface area contributed by atoms with Crippen LogP contribution in [0.1, 0.15) is 96.6 Å². The first kappa shape index (κ1) is 78.7. The van der Waals surface area contributed by atoms with Crippen molar-refractivity contribution >= 4 is 102 Å². The molecule has 506 valence electrons. The number of phenolic OH excluding ortho intramolecular Hbond substituents is 1. The fraction of sp³-hybridized carbons (Fsp3) is 0.569. The largest absolute Gasteiger partial charge is 0.508 e. The van der Waals surface area contributed by atoms with Crippen molar-refractivity contribution in [3.63, 3.8) is 0 Å². The molecular weight excluding hydrogens is 1220 g/mol. The number of unbranched alkanes of at least 4 members (excludes halogenated alkanes) is 1. The maximum Gasteiger partial charge on any atom is 0.244 e. The number of aliphatic imine (C=N–C) groups is 2. The molecule has 2 rings (SSSR count). The van der Waals surface area contributed by atoms with Gasteiger partial charge in [0.25, 0.3) is 0 Å². The van der Waals surface area contributed by atoms with Crippen LogP contribution in [0.5, 0.6) is 5.75 Å². The zero-order valence-electron chi connectivity index (χ0n) is 52.0. The third-order valence-electron chi connectivity index (χ3n) is 14.1. The molecule has 10 atom stereocenters. The number of nitrogens with zero attached hydrogens (tertiary/aromatic N) is 2. The van der Waals surface area contributed by atoms with Gasteiger partial charge in [0, 0.05) is 31.0 Å². The highest BCUT2D eigenvalue weighted by atomic mass is 32.1. The van der Waals surface area contributed by atoms with Crippen LogP contribution in [0.4, 0.5) is 0 Å². The molecule has 11 amide bonds. The first-order valence-corrected chi connectivity index (χ1v) is 31.2. The van der Waals surface area contributed by atoms with E-state index >= 15 is 0 Å². The number of hydrogen-bond donors (Lipinski definition) is 20. The molecule has 0 aliphatic rings. The van der Waals surface area contributed by atoms with Crippen LogP contribution in [0, 0.1) is 11.8 Å². The summed E-state index contributed by atoms with van der Waals surface area (Å²) >= 11 is 8.59. The third kappa shape index (κ3) is 31.2. The quantitative estimate of drug-likeness (QED) is 0.0128. The van der Waals surface area contributed by atoms with Crippen molar-refractivity contribution in [2.75, 3.05) is 44.2 Å². The Hall–Kier alpha value is -8.43. The second-order valence-electron chi connectivity index (χ2n) is 22.1. The minimum absolute atomic E-state index is 0.0141. The van der Waals surface area contributed by atoms with E-state index < -0.39 is 138 Å². The molecule has 0 radical (unpaired) electrons. The smallest absolute Gasteiger partial charge is 0.244 e. The van der Waals surface area contributed by atoms with Crippen molar-refractivity contribution in [1.82, 2.24) is 53.2 Å². The van der Waals surface area contributed by atoms with Crippen LogP contribution >= 0.6 is 25.3 Å². The number of carbonyl (C=O) groups excluding carboxylic acids is 11. The molecule has 0 spiro atoms. The highest BCUT2D eigenvalue weighted by Crippen LogP contribution is 2.15. The maximum absolute atomic E-state index is 14.4. The minimum Gasteiger partial charge on any atom is -0.508 e. The molecule has 2 aromatic rings. The molecule has 0 saturated carbocycles. The SMILES string of the molecule is CC[C@H](C)[C@H](NC(=O)[C@H](CCCN=C(N)N)NC(=O)[C@H](CS)NC(=O)[C@H](CC(C)C)NC(=O)[C@H](Cc1ccccc1)NC(=O)CNC(=O)CNC(=O)[C@@H](N)Cc1ccc(O)cc1)C(=O)N[C@@H](CCCN=C(N)N)C(=O)N[C@@H](CS)C(=O)N[C@@H](CCCCN)C(N)=O. The van der Waals surface area contributed by atoms with E-state index in [-0.39, 0.29) is 99.5 Å². The number of thiol groups is 2. The fourth-order valence-corrected chi connectivity index (χ4v) is 9.33. The number of phenols is 1. The lowest BCUT2D eigenvalue weighted by Gasteiger charge is -2.29. The number of rotatable bonds is 43. The Morgan fingerprint density at radius 2 is 0.945 bits per heavy atom. The summed E-state index contributed by atoms with van der Waals surface area (Å²) in [6.07, 6.45) is 1.75. The van der Waals surface area contributed by atoms with Crippen LogP contribution in [0.3, 0.4) is 0 Å². The van der Waals surface area contributed by atoms with Gasteiger partial charge in [-0.15, -0.1) is 0 Å². The first-order chi connectivity index (χ1) is 43.1. The van der Waals surface area contributed by atoms with E-state index in [2.05, 4.69) is 88.4 Å². The molecule has 33 heteroatoms. The van der Waals surface area contributed by atoms with Gasteiger partial charge in [0.15, 0.2) is 11.9 Å². The van der Waals surface area contributed by atoms with Crippen LogP contribution in [-0.4, -0.2) is 181 Å². The molecule has 0 unspecified atom stereocenters. The summed E-state index contributed by atoms with van der Waals surface area (Å²) in [7, 11) is 0. The van der Waals surface area contributed by atoms with Gasteiger partial charge < -0.3 is 98.4 Å². The van der Waals surface area contributed by atoms with Crippen molar-refractivity contribution in [1.29, 1.82) is 0 Å². The van der Waals surface area contributed by atoms with Gasteiger partial charge in [-0.1, -0.05) is 76.6 Å². The second kappa shape index (κ2) is 42.5. The number of aromatic hydroxyl groups is 1. The monoisotopic (exact) mass is 1310 g/mol. The predicted octanol–water partition coefficient (Wildman–Crippen LogP) is -4.71. The van der Waals surface area contributed by atoms with Gasteiger partial charge in [-0.05, 0) is 99.4 Å². The highest BCUT2D eigenvalue weighted by Gasteiger charge is 2.36. The number of hydrogen-bond acceptors (Lipinski definition) is 18. The van der Waals surface area contributed by atoms with Crippen LogP contribution in [0.25, 0.3) is 0 Å². The van der Waals surface area contributed by atoms with Crippen LogP contribution in [0.2, 0.25) is 0 Å². The van der Waals surface area contributed by atoms with Crippen molar-refractivity contribution in [3.8, 4) is 5.75 Å². The van der Waals surface area contributed by atoms with E-state index in [0.717, 1.165) is 0 Å². The molecule has 0 fully saturated rings. The normalized spacial score (nSPS) is 14.3. The number of benzene rings is 2. The molecule has 0 aromatic heterocycles. The molecule has 0 saturated heterocycles. The Morgan fingerprint density at radius 1 is 0.495 bits per heavy atom. The number of primary amides is 1.